The van der Waals surface area contributed by atoms with Gasteiger partial charge in [0.15, 0.2) is 0 Å². The maximum Gasteiger partial charge on any atom is 0.0289 e. The number of rotatable bonds is 2. The van der Waals surface area contributed by atoms with E-state index in [-0.39, 0.29) is 0 Å². The zero-order valence-corrected chi connectivity index (χ0v) is 8.65. The lowest BCUT2D eigenvalue weighted by atomic mass is 9.96. The van der Waals surface area contributed by atoms with E-state index in [2.05, 4.69) is 39.0 Å². The minimum Gasteiger partial charge on any atom is -0.126 e. The molecule has 0 nitrogen and oxygen atoms in total. The molecule has 66 valence electrons. The number of hydrogen-bond donors (Lipinski definition) is 0. The molecule has 0 saturated heterocycles. The third-order valence-electron chi connectivity index (χ3n) is 2.20. The third kappa shape index (κ3) is 2.01. The van der Waals surface area contributed by atoms with Crippen molar-refractivity contribution >= 4 is 11.6 Å². The van der Waals surface area contributed by atoms with E-state index in [0.29, 0.717) is 11.8 Å². The molecule has 0 bridgehead atoms. The van der Waals surface area contributed by atoms with Crippen molar-refractivity contribution in [2.45, 2.75) is 26.7 Å². The molecule has 0 aliphatic carbocycles. The van der Waals surface area contributed by atoms with Crippen LogP contribution in [0, 0.1) is 13.8 Å². The highest BCUT2D eigenvalue weighted by Crippen LogP contribution is 2.21. The maximum absolute atomic E-state index is 5.81. The molecule has 0 spiro atoms. The average molecular weight is 183 g/mol. The van der Waals surface area contributed by atoms with E-state index < -0.39 is 0 Å². The van der Waals surface area contributed by atoms with Crippen LogP contribution in [0.25, 0.3) is 0 Å². The highest BCUT2D eigenvalue weighted by molar-refractivity contribution is 6.18. The molecular weight excluding hydrogens is 168 g/mol. The second-order valence-electron chi connectivity index (χ2n) is 3.42. The summed E-state index contributed by atoms with van der Waals surface area (Å²) < 4.78 is 0. The van der Waals surface area contributed by atoms with Crippen molar-refractivity contribution in [3.8, 4) is 0 Å². The standard InChI is InChI=1S/C11H15Cl/c1-8-4-5-9(2)11(6-8)10(3)7-12/h4-6,10H,7H2,1-3H3. The lowest BCUT2D eigenvalue weighted by Crippen LogP contribution is -1.98. The molecule has 1 atom stereocenters. The lowest BCUT2D eigenvalue weighted by Gasteiger charge is -2.11. The van der Waals surface area contributed by atoms with Crippen LogP contribution in [0.1, 0.15) is 29.5 Å². The first-order valence-electron chi connectivity index (χ1n) is 4.28. The van der Waals surface area contributed by atoms with Crippen molar-refractivity contribution < 1.29 is 0 Å². The largest absolute Gasteiger partial charge is 0.126 e. The number of benzene rings is 1. The fourth-order valence-electron chi connectivity index (χ4n) is 1.37. The zero-order chi connectivity index (χ0) is 9.14. The van der Waals surface area contributed by atoms with Gasteiger partial charge in [-0.25, -0.2) is 0 Å². The summed E-state index contributed by atoms with van der Waals surface area (Å²) in [6.07, 6.45) is 0. The Morgan fingerprint density at radius 3 is 2.58 bits per heavy atom. The summed E-state index contributed by atoms with van der Waals surface area (Å²) in [5.74, 6) is 1.16. The summed E-state index contributed by atoms with van der Waals surface area (Å²) in [5, 5.41) is 0. The third-order valence-corrected chi connectivity index (χ3v) is 2.66. The van der Waals surface area contributed by atoms with E-state index >= 15 is 0 Å². The molecule has 0 aliphatic heterocycles. The fourth-order valence-corrected chi connectivity index (χ4v) is 1.54. The monoisotopic (exact) mass is 182 g/mol. The SMILES string of the molecule is Cc1ccc(C)c(C(C)CCl)c1. The van der Waals surface area contributed by atoms with Gasteiger partial charge in [0.1, 0.15) is 0 Å². The van der Waals surface area contributed by atoms with Crippen LogP contribution in [-0.2, 0) is 0 Å². The molecule has 1 aromatic carbocycles. The molecule has 0 N–H and O–H groups in total. The Bertz CT molecular complexity index is 266. The minimum atomic E-state index is 0.464. The summed E-state index contributed by atoms with van der Waals surface area (Å²) >= 11 is 5.81. The van der Waals surface area contributed by atoms with Gasteiger partial charge >= 0.3 is 0 Å². The molecule has 12 heavy (non-hydrogen) atoms. The van der Waals surface area contributed by atoms with E-state index in [9.17, 15) is 0 Å². The second-order valence-corrected chi connectivity index (χ2v) is 3.72. The number of alkyl halides is 1. The molecule has 1 aromatic rings. The molecule has 0 radical (unpaired) electrons. The van der Waals surface area contributed by atoms with Gasteiger partial charge in [0, 0.05) is 5.88 Å². The molecule has 0 heterocycles. The molecule has 0 fully saturated rings. The molecule has 1 unspecified atom stereocenters. The number of aryl methyl sites for hydroxylation is 2. The molecule has 0 saturated carbocycles. The van der Waals surface area contributed by atoms with Crippen LogP contribution in [0.3, 0.4) is 0 Å². The maximum atomic E-state index is 5.81. The highest BCUT2D eigenvalue weighted by atomic mass is 35.5. The van der Waals surface area contributed by atoms with E-state index in [1.807, 2.05) is 0 Å². The van der Waals surface area contributed by atoms with Crippen LogP contribution in [0.2, 0.25) is 0 Å². The predicted octanol–water partition coefficient (Wildman–Crippen LogP) is 3.65. The Balaban J connectivity index is 3.04. The van der Waals surface area contributed by atoms with Crippen LogP contribution in [-0.4, -0.2) is 5.88 Å². The first kappa shape index (κ1) is 9.60. The molecule has 0 amide bonds. The van der Waals surface area contributed by atoms with Crippen molar-refractivity contribution in [3.05, 3.63) is 34.9 Å². The molecule has 0 aliphatic rings. The van der Waals surface area contributed by atoms with Gasteiger partial charge in [-0.1, -0.05) is 30.7 Å². The molecular formula is C11H15Cl. The van der Waals surface area contributed by atoms with Crippen LogP contribution in [0.4, 0.5) is 0 Å². The Labute approximate surface area is 79.6 Å². The number of halogens is 1. The molecule has 1 rings (SSSR count). The summed E-state index contributed by atoms with van der Waals surface area (Å²) in [4.78, 5) is 0. The second kappa shape index (κ2) is 3.95. The molecule has 0 aromatic heterocycles. The average Bonchev–Trinajstić information content (AvgIpc) is 2.08. The first-order chi connectivity index (χ1) is 5.65. The Morgan fingerprint density at radius 1 is 1.33 bits per heavy atom. The van der Waals surface area contributed by atoms with Crippen molar-refractivity contribution in [2.75, 3.05) is 5.88 Å². The van der Waals surface area contributed by atoms with E-state index in [1.165, 1.54) is 16.7 Å². The summed E-state index contributed by atoms with van der Waals surface area (Å²) in [6.45, 7) is 6.41. The quantitative estimate of drug-likeness (QED) is 0.613. The van der Waals surface area contributed by atoms with Gasteiger partial charge in [0.25, 0.3) is 0 Å². The predicted molar refractivity (Wildman–Crippen MR) is 55.1 cm³/mol. The fraction of sp³-hybridized carbons (Fsp3) is 0.455. The van der Waals surface area contributed by atoms with E-state index in [0.717, 1.165) is 0 Å². The zero-order valence-electron chi connectivity index (χ0n) is 7.89. The Morgan fingerprint density at radius 2 is 2.00 bits per heavy atom. The van der Waals surface area contributed by atoms with E-state index in [1.54, 1.807) is 0 Å². The van der Waals surface area contributed by atoms with Crippen molar-refractivity contribution in [1.29, 1.82) is 0 Å². The first-order valence-corrected chi connectivity index (χ1v) is 4.81. The van der Waals surface area contributed by atoms with Crippen molar-refractivity contribution in [3.63, 3.8) is 0 Å². The van der Waals surface area contributed by atoms with Gasteiger partial charge in [-0.15, -0.1) is 11.6 Å². The van der Waals surface area contributed by atoms with E-state index in [4.69, 9.17) is 11.6 Å². The summed E-state index contributed by atoms with van der Waals surface area (Å²) in [6, 6.07) is 6.52. The Hall–Kier alpha value is -0.490. The smallest absolute Gasteiger partial charge is 0.0289 e. The molecule has 1 heteroatoms. The highest BCUT2D eigenvalue weighted by Gasteiger charge is 2.06. The lowest BCUT2D eigenvalue weighted by molar-refractivity contribution is 0.863. The minimum absolute atomic E-state index is 0.464. The van der Waals surface area contributed by atoms with Crippen molar-refractivity contribution in [1.82, 2.24) is 0 Å². The van der Waals surface area contributed by atoms with Crippen molar-refractivity contribution in [2.24, 2.45) is 0 Å². The number of hydrogen-bond acceptors (Lipinski definition) is 0. The van der Waals surface area contributed by atoms with Gasteiger partial charge in [-0.05, 0) is 30.9 Å². The van der Waals surface area contributed by atoms with Crippen LogP contribution in [0.15, 0.2) is 18.2 Å². The summed E-state index contributed by atoms with van der Waals surface area (Å²) in [5.41, 5.74) is 4.03. The van der Waals surface area contributed by atoms with Gasteiger partial charge in [0.2, 0.25) is 0 Å². The van der Waals surface area contributed by atoms with Crippen LogP contribution < -0.4 is 0 Å². The van der Waals surface area contributed by atoms with Crippen LogP contribution in [0.5, 0.6) is 0 Å². The van der Waals surface area contributed by atoms with Gasteiger partial charge in [-0.3, -0.25) is 0 Å². The van der Waals surface area contributed by atoms with Gasteiger partial charge < -0.3 is 0 Å². The summed E-state index contributed by atoms with van der Waals surface area (Å²) in [7, 11) is 0. The van der Waals surface area contributed by atoms with Gasteiger partial charge in [0.05, 0.1) is 0 Å². The van der Waals surface area contributed by atoms with Gasteiger partial charge in [-0.2, -0.15) is 0 Å². The normalized spacial score (nSPS) is 13.0. The Kier molecular flexibility index (Phi) is 3.16. The van der Waals surface area contributed by atoms with Crippen LogP contribution >= 0.6 is 11.6 Å². The topological polar surface area (TPSA) is 0 Å².